The Labute approximate surface area is 114 Å². The lowest BCUT2D eigenvalue weighted by Crippen LogP contribution is -2.37. The molecule has 3 rings (SSSR count). The molecular formula is C16H22N2O. The molecule has 2 aliphatic rings. The average molecular weight is 258 g/mol. The number of carbonyl (C=O) groups excluding carboxylic acids is 1. The van der Waals surface area contributed by atoms with Gasteiger partial charge in [0.2, 0.25) is 5.91 Å². The number of aryl methyl sites for hydroxylation is 1. The minimum Gasteiger partial charge on any atom is -0.326 e. The van der Waals surface area contributed by atoms with Gasteiger partial charge in [-0.25, -0.2) is 0 Å². The van der Waals surface area contributed by atoms with Crippen LogP contribution >= 0.6 is 0 Å². The first-order valence-corrected chi connectivity index (χ1v) is 7.47. The molecule has 1 saturated heterocycles. The van der Waals surface area contributed by atoms with Gasteiger partial charge < -0.3 is 10.6 Å². The zero-order chi connectivity index (χ0) is 13.1. The fraction of sp³-hybridized carbons (Fsp3) is 0.562. The van der Waals surface area contributed by atoms with Crippen LogP contribution in [-0.4, -0.2) is 19.0 Å². The largest absolute Gasteiger partial charge is 0.326 e. The van der Waals surface area contributed by atoms with Gasteiger partial charge in [0.1, 0.15) is 0 Å². The summed E-state index contributed by atoms with van der Waals surface area (Å²) >= 11 is 0. The van der Waals surface area contributed by atoms with Crippen molar-refractivity contribution in [3.63, 3.8) is 0 Å². The number of amides is 1. The predicted octanol–water partition coefficient (Wildman–Crippen LogP) is 2.50. The zero-order valence-corrected chi connectivity index (χ0v) is 11.4. The molecule has 0 spiro atoms. The SMILES string of the molecule is O=C(Nc1cccc2c1CCCC2)[C@H]1CCCNC1. The highest BCUT2D eigenvalue weighted by molar-refractivity contribution is 5.93. The van der Waals surface area contributed by atoms with E-state index in [9.17, 15) is 4.79 Å². The van der Waals surface area contributed by atoms with E-state index in [-0.39, 0.29) is 11.8 Å². The molecule has 0 saturated carbocycles. The molecule has 3 nitrogen and oxygen atoms in total. The normalized spacial score (nSPS) is 22.6. The topological polar surface area (TPSA) is 41.1 Å². The molecular weight excluding hydrogens is 236 g/mol. The molecule has 1 aromatic rings. The molecule has 2 N–H and O–H groups in total. The number of rotatable bonds is 2. The third kappa shape index (κ3) is 2.81. The van der Waals surface area contributed by atoms with Gasteiger partial charge >= 0.3 is 0 Å². The third-order valence-electron chi connectivity index (χ3n) is 4.32. The number of benzene rings is 1. The van der Waals surface area contributed by atoms with Crippen LogP contribution in [0.15, 0.2) is 18.2 Å². The number of piperidine rings is 1. The van der Waals surface area contributed by atoms with Crippen molar-refractivity contribution in [2.75, 3.05) is 18.4 Å². The summed E-state index contributed by atoms with van der Waals surface area (Å²) in [5.41, 5.74) is 3.84. The van der Waals surface area contributed by atoms with Gasteiger partial charge in [0.25, 0.3) is 0 Å². The van der Waals surface area contributed by atoms with Crippen molar-refractivity contribution in [2.24, 2.45) is 5.92 Å². The van der Waals surface area contributed by atoms with Crippen LogP contribution in [0.3, 0.4) is 0 Å². The van der Waals surface area contributed by atoms with Crippen LogP contribution in [0.4, 0.5) is 5.69 Å². The van der Waals surface area contributed by atoms with Gasteiger partial charge in [-0.05, 0) is 62.3 Å². The van der Waals surface area contributed by atoms with Crippen LogP contribution < -0.4 is 10.6 Å². The molecule has 102 valence electrons. The molecule has 1 aliphatic heterocycles. The first-order chi connectivity index (χ1) is 9.34. The average Bonchev–Trinajstić information content (AvgIpc) is 2.48. The maximum Gasteiger partial charge on any atom is 0.228 e. The van der Waals surface area contributed by atoms with E-state index in [1.165, 1.54) is 24.0 Å². The molecule has 0 unspecified atom stereocenters. The Morgan fingerprint density at radius 3 is 2.95 bits per heavy atom. The molecule has 1 aromatic carbocycles. The van der Waals surface area contributed by atoms with Crippen molar-refractivity contribution in [3.8, 4) is 0 Å². The van der Waals surface area contributed by atoms with Gasteiger partial charge in [0.15, 0.2) is 0 Å². The van der Waals surface area contributed by atoms with Crippen molar-refractivity contribution in [1.29, 1.82) is 0 Å². The minimum atomic E-state index is 0.133. The van der Waals surface area contributed by atoms with E-state index in [0.29, 0.717) is 0 Å². The van der Waals surface area contributed by atoms with Crippen molar-refractivity contribution < 1.29 is 4.79 Å². The van der Waals surface area contributed by atoms with E-state index in [4.69, 9.17) is 0 Å². The van der Waals surface area contributed by atoms with Crippen LogP contribution in [-0.2, 0) is 17.6 Å². The third-order valence-corrected chi connectivity index (χ3v) is 4.32. The van der Waals surface area contributed by atoms with Gasteiger partial charge in [0, 0.05) is 12.2 Å². The van der Waals surface area contributed by atoms with Crippen molar-refractivity contribution >= 4 is 11.6 Å². The van der Waals surface area contributed by atoms with E-state index in [2.05, 4.69) is 28.8 Å². The molecule has 3 heteroatoms. The Kier molecular flexibility index (Phi) is 3.83. The second-order valence-electron chi connectivity index (χ2n) is 5.68. The summed E-state index contributed by atoms with van der Waals surface area (Å²) in [7, 11) is 0. The van der Waals surface area contributed by atoms with Gasteiger partial charge in [0.05, 0.1) is 5.92 Å². The van der Waals surface area contributed by atoms with Gasteiger partial charge in [-0.1, -0.05) is 12.1 Å². The molecule has 1 amide bonds. The Hall–Kier alpha value is -1.35. The predicted molar refractivity (Wildman–Crippen MR) is 77.3 cm³/mol. The minimum absolute atomic E-state index is 0.133. The molecule has 19 heavy (non-hydrogen) atoms. The quantitative estimate of drug-likeness (QED) is 0.855. The summed E-state index contributed by atoms with van der Waals surface area (Å²) < 4.78 is 0. The summed E-state index contributed by atoms with van der Waals surface area (Å²) in [6.45, 7) is 1.87. The highest BCUT2D eigenvalue weighted by Gasteiger charge is 2.22. The van der Waals surface area contributed by atoms with E-state index in [1.807, 2.05) is 0 Å². The van der Waals surface area contributed by atoms with E-state index in [0.717, 1.165) is 44.5 Å². The van der Waals surface area contributed by atoms with Gasteiger partial charge in [-0.15, -0.1) is 0 Å². The molecule has 1 heterocycles. The smallest absolute Gasteiger partial charge is 0.228 e. The summed E-state index contributed by atoms with van der Waals surface area (Å²) in [6.07, 6.45) is 6.89. The lowest BCUT2D eigenvalue weighted by Gasteiger charge is -2.24. The maximum atomic E-state index is 12.3. The fourth-order valence-corrected chi connectivity index (χ4v) is 3.21. The molecule has 1 aliphatic carbocycles. The molecule has 1 atom stereocenters. The Bertz CT molecular complexity index is 464. The highest BCUT2D eigenvalue weighted by atomic mass is 16.1. The summed E-state index contributed by atoms with van der Waals surface area (Å²) in [4.78, 5) is 12.3. The summed E-state index contributed by atoms with van der Waals surface area (Å²) in [5.74, 6) is 0.319. The fourth-order valence-electron chi connectivity index (χ4n) is 3.21. The van der Waals surface area contributed by atoms with Crippen LogP contribution in [0.2, 0.25) is 0 Å². The molecule has 0 bridgehead atoms. The number of hydrogen-bond acceptors (Lipinski definition) is 2. The standard InChI is InChI=1S/C16H22N2O/c19-16(13-7-4-10-17-11-13)18-15-9-3-6-12-5-1-2-8-14(12)15/h3,6,9,13,17H,1-2,4-5,7-8,10-11H2,(H,18,19)/t13-/m0/s1. The van der Waals surface area contributed by atoms with Crippen molar-refractivity contribution in [1.82, 2.24) is 5.32 Å². The van der Waals surface area contributed by atoms with E-state index >= 15 is 0 Å². The maximum absolute atomic E-state index is 12.3. The van der Waals surface area contributed by atoms with Gasteiger partial charge in [-0.3, -0.25) is 4.79 Å². The summed E-state index contributed by atoms with van der Waals surface area (Å²) in [5, 5.41) is 6.46. The van der Waals surface area contributed by atoms with Gasteiger partial charge in [-0.2, -0.15) is 0 Å². The second-order valence-corrected chi connectivity index (χ2v) is 5.68. The Balaban J connectivity index is 1.74. The second kappa shape index (κ2) is 5.74. The molecule has 0 aromatic heterocycles. The summed E-state index contributed by atoms with van der Waals surface area (Å²) in [6, 6.07) is 6.32. The highest BCUT2D eigenvalue weighted by Crippen LogP contribution is 2.28. The molecule has 1 fully saturated rings. The zero-order valence-electron chi connectivity index (χ0n) is 11.4. The van der Waals surface area contributed by atoms with Crippen LogP contribution in [0.1, 0.15) is 36.8 Å². The number of anilines is 1. The number of fused-ring (bicyclic) bond motifs is 1. The van der Waals surface area contributed by atoms with E-state index < -0.39 is 0 Å². The van der Waals surface area contributed by atoms with Crippen molar-refractivity contribution in [3.05, 3.63) is 29.3 Å². The number of hydrogen-bond donors (Lipinski definition) is 2. The van der Waals surface area contributed by atoms with Crippen molar-refractivity contribution in [2.45, 2.75) is 38.5 Å². The lowest BCUT2D eigenvalue weighted by molar-refractivity contribution is -0.120. The molecule has 0 radical (unpaired) electrons. The van der Waals surface area contributed by atoms with Crippen LogP contribution in [0.25, 0.3) is 0 Å². The number of carbonyl (C=O) groups is 1. The number of nitrogens with one attached hydrogen (secondary N) is 2. The van der Waals surface area contributed by atoms with Crippen LogP contribution in [0, 0.1) is 5.92 Å². The Morgan fingerprint density at radius 1 is 1.21 bits per heavy atom. The first kappa shape index (κ1) is 12.7. The van der Waals surface area contributed by atoms with E-state index in [1.54, 1.807) is 0 Å². The first-order valence-electron chi connectivity index (χ1n) is 7.47. The lowest BCUT2D eigenvalue weighted by atomic mass is 9.90. The van der Waals surface area contributed by atoms with Crippen LogP contribution in [0.5, 0.6) is 0 Å². The monoisotopic (exact) mass is 258 g/mol. The Morgan fingerprint density at radius 2 is 2.11 bits per heavy atom.